The molecule has 0 radical (unpaired) electrons. The number of aryl methyl sites for hydroxylation is 1. The van der Waals surface area contributed by atoms with Gasteiger partial charge in [0.25, 0.3) is 5.91 Å². The summed E-state index contributed by atoms with van der Waals surface area (Å²) in [7, 11) is 1.52. The van der Waals surface area contributed by atoms with E-state index in [0.29, 0.717) is 16.3 Å². The number of amides is 3. The van der Waals surface area contributed by atoms with Crippen LogP contribution in [-0.4, -0.2) is 41.4 Å². The average molecular weight is 455 g/mol. The average Bonchev–Trinajstić information content (AvgIpc) is 3.18. The zero-order valence-electron chi connectivity index (χ0n) is 17.7. The molecule has 166 valence electrons. The maximum Gasteiger partial charge on any atom is 0.253 e. The summed E-state index contributed by atoms with van der Waals surface area (Å²) in [6.45, 7) is 1.53. The Kier molecular flexibility index (Phi) is 7.62. The molecule has 1 aromatic heterocycles. The molecule has 32 heavy (non-hydrogen) atoms. The number of anilines is 1. The second-order valence-corrected chi connectivity index (χ2v) is 7.65. The number of rotatable bonds is 8. The fraction of sp³-hybridized carbons (Fsp3) is 0.217. The Balaban J connectivity index is 1.67. The summed E-state index contributed by atoms with van der Waals surface area (Å²) in [5.74, 6) is -0.276. The molecule has 0 spiro atoms. The standard InChI is InChI=1S/C23H23ClN4O4/c1-15-12-20(27-32-15)26-21(29)14-28(2)22(30)13-19(16-8-4-3-5-9-16)25-23(31)17-10-6-7-11-18(17)24/h3-12,19H,13-14H2,1-2H3,(H,25,31)(H,26,27,29). The van der Waals surface area contributed by atoms with Crippen LogP contribution >= 0.6 is 11.6 Å². The number of benzene rings is 2. The summed E-state index contributed by atoms with van der Waals surface area (Å²) < 4.78 is 4.91. The summed E-state index contributed by atoms with van der Waals surface area (Å²) in [5, 5.41) is 9.46. The van der Waals surface area contributed by atoms with Crippen LogP contribution in [0, 0.1) is 6.92 Å². The lowest BCUT2D eigenvalue weighted by Gasteiger charge is -2.23. The number of aromatic nitrogens is 1. The topological polar surface area (TPSA) is 105 Å². The van der Waals surface area contributed by atoms with Crippen molar-refractivity contribution < 1.29 is 18.9 Å². The molecule has 1 atom stereocenters. The van der Waals surface area contributed by atoms with Crippen LogP contribution in [0.2, 0.25) is 5.02 Å². The molecule has 0 aliphatic heterocycles. The van der Waals surface area contributed by atoms with Gasteiger partial charge in [-0.3, -0.25) is 14.4 Å². The molecule has 2 N–H and O–H groups in total. The first kappa shape index (κ1) is 23.0. The maximum atomic E-state index is 12.8. The lowest BCUT2D eigenvalue weighted by Crippen LogP contribution is -2.38. The number of hydrogen-bond donors (Lipinski definition) is 2. The lowest BCUT2D eigenvalue weighted by molar-refractivity contribution is -0.133. The van der Waals surface area contributed by atoms with Crippen LogP contribution in [0.25, 0.3) is 0 Å². The molecule has 1 unspecified atom stereocenters. The largest absolute Gasteiger partial charge is 0.360 e. The van der Waals surface area contributed by atoms with Gasteiger partial charge in [-0.05, 0) is 24.6 Å². The minimum atomic E-state index is -0.601. The molecule has 3 amide bonds. The predicted octanol–water partition coefficient (Wildman–Crippen LogP) is 3.59. The van der Waals surface area contributed by atoms with Gasteiger partial charge in [0.2, 0.25) is 11.8 Å². The number of likely N-dealkylation sites (N-methyl/N-ethyl adjacent to an activating group) is 1. The van der Waals surface area contributed by atoms with Crippen LogP contribution < -0.4 is 10.6 Å². The molecule has 8 nitrogen and oxygen atoms in total. The second kappa shape index (κ2) is 10.6. The van der Waals surface area contributed by atoms with Gasteiger partial charge < -0.3 is 20.1 Å². The Bertz CT molecular complexity index is 1100. The van der Waals surface area contributed by atoms with Crippen molar-refractivity contribution in [1.29, 1.82) is 0 Å². The molecule has 0 bridgehead atoms. The minimum Gasteiger partial charge on any atom is -0.360 e. The first-order valence-electron chi connectivity index (χ1n) is 9.91. The third-order valence-corrected chi connectivity index (χ3v) is 5.04. The van der Waals surface area contributed by atoms with E-state index in [1.807, 2.05) is 30.3 Å². The highest BCUT2D eigenvalue weighted by Gasteiger charge is 2.23. The maximum absolute atomic E-state index is 12.8. The Morgan fingerprint density at radius 2 is 1.78 bits per heavy atom. The van der Waals surface area contributed by atoms with Gasteiger partial charge in [0.05, 0.1) is 29.6 Å². The summed E-state index contributed by atoms with van der Waals surface area (Å²) in [6.07, 6.45) is -0.0347. The highest BCUT2D eigenvalue weighted by atomic mass is 35.5. The molecular weight excluding hydrogens is 432 g/mol. The van der Waals surface area contributed by atoms with Crippen molar-refractivity contribution in [2.75, 3.05) is 18.9 Å². The first-order chi connectivity index (χ1) is 15.3. The third kappa shape index (κ3) is 6.18. The van der Waals surface area contributed by atoms with Crippen LogP contribution in [0.3, 0.4) is 0 Å². The van der Waals surface area contributed by atoms with Gasteiger partial charge in [-0.2, -0.15) is 0 Å². The monoisotopic (exact) mass is 454 g/mol. The zero-order chi connectivity index (χ0) is 23.1. The van der Waals surface area contributed by atoms with E-state index >= 15 is 0 Å². The van der Waals surface area contributed by atoms with Gasteiger partial charge >= 0.3 is 0 Å². The molecule has 0 fully saturated rings. The SMILES string of the molecule is Cc1cc(NC(=O)CN(C)C(=O)CC(NC(=O)c2ccccc2Cl)c2ccccc2)no1. The highest BCUT2D eigenvalue weighted by Crippen LogP contribution is 2.21. The molecule has 1 heterocycles. The van der Waals surface area contributed by atoms with Crippen molar-refractivity contribution in [2.45, 2.75) is 19.4 Å². The smallest absolute Gasteiger partial charge is 0.253 e. The molecule has 3 rings (SSSR count). The molecule has 9 heteroatoms. The summed E-state index contributed by atoms with van der Waals surface area (Å²) in [4.78, 5) is 39.1. The minimum absolute atomic E-state index is 0.0347. The summed E-state index contributed by atoms with van der Waals surface area (Å²) >= 11 is 6.14. The number of halogens is 1. The van der Waals surface area contributed by atoms with Crippen molar-refractivity contribution in [1.82, 2.24) is 15.4 Å². The van der Waals surface area contributed by atoms with Crippen molar-refractivity contribution in [3.63, 3.8) is 0 Å². The molecule has 0 aliphatic rings. The van der Waals surface area contributed by atoms with Gasteiger partial charge in [-0.15, -0.1) is 0 Å². The Hall–Kier alpha value is -3.65. The van der Waals surface area contributed by atoms with E-state index in [2.05, 4.69) is 15.8 Å². The number of hydrogen-bond acceptors (Lipinski definition) is 5. The van der Waals surface area contributed by atoms with Gasteiger partial charge in [0.1, 0.15) is 5.76 Å². The number of nitrogens with one attached hydrogen (secondary N) is 2. The molecular formula is C23H23ClN4O4. The quantitative estimate of drug-likeness (QED) is 0.541. The van der Waals surface area contributed by atoms with Crippen molar-refractivity contribution in [3.8, 4) is 0 Å². The van der Waals surface area contributed by atoms with Crippen LogP contribution in [0.1, 0.15) is 34.1 Å². The van der Waals surface area contributed by atoms with E-state index in [-0.39, 0.29) is 30.6 Å². The van der Waals surface area contributed by atoms with E-state index in [9.17, 15) is 14.4 Å². The molecule has 2 aromatic carbocycles. The normalized spacial score (nSPS) is 11.5. The fourth-order valence-electron chi connectivity index (χ4n) is 3.06. The molecule has 3 aromatic rings. The van der Waals surface area contributed by atoms with Gasteiger partial charge in [-0.1, -0.05) is 59.2 Å². The predicted molar refractivity (Wildman–Crippen MR) is 120 cm³/mol. The Labute approximate surface area is 190 Å². The summed E-state index contributed by atoms with van der Waals surface area (Å²) in [5.41, 5.74) is 1.08. The summed E-state index contributed by atoms with van der Waals surface area (Å²) in [6, 6.07) is 16.8. The van der Waals surface area contributed by atoms with Crippen LogP contribution in [0.5, 0.6) is 0 Å². The van der Waals surface area contributed by atoms with E-state index in [0.717, 1.165) is 5.56 Å². The highest BCUT2D eigenvalue weighted by molar-refractivity contribution is 6.33. The van der Waals surface area contributed by atoms with E-state index < -0.39 is 11.9 Å². The molecule has 0 saturated carbocycles. The van der Waals surface area contributed by atoms with Crippen molar-refractivity contribution >= 4 is 35.1 Å². The van der Waals surface area contributed by atoms with E-state index in [1.54, 1.807) is 37.3 Å². The number of carbonyl (C=O) groups excluding carboxylic acids is 3. The van der Waals surface area contributed by atoms with Gasteiger partial charge in [0, 0.05) is 13.1 Å². The van der Waals surface area contributed by atoms with Gasteiger partial charge in [0.15, 0.2) is 5.82 Å². The zero-order valence-corrected chi connectivity index (χ0v) is 18.4. The van der Waals surface area contributed by atoms with Crippen LogP contribution in [0.4, 0.5) is 5.82 Å². The fourth-order valence-corrected chi connectivity index (χ4v) is 3.28. The van der Waals surface area contributed by atoms with E-state index in [4.69, 9.17) is 16.1 Å². The molecule has 0 saturated heterocycles. The Morgan fingerprint density at radius 3 is 2.44 bits per heavy atom. The molecule has 0 aliphatic carbocycles. The second-order valence-electron chi connectivity index (χ2n) is 7.24. The van der Waals surface area contributed by atoms with Crippen LogP contribution in [0.15, 0.2) is 65.2 Å². The van der Waals surface area contributed by atoms with Crippen molar-refractivity contribution in [2.24, 2.45) is 0 Å². The van der Waals surface area contributed by atoms with Crippen molar-refractivity contribution in [3.05, 3.63) is 82.6 Å². The van der Waals surface area contributed by atoms with E-state index in [1.165, 1.54) is 11.9 Å². The van der Waals surface area contributed by atoms with Gasteiger partial charge in [-0.25, -0.2) is 0 Å². The van der Waals surface area contributed by atoms with Crippen LogP contribution in [-0.2, 0) is 9.59 Å². The number of carbonyl (C=O) groups is 3. The number of nitrogens with zero attached hydrogens (tertiary/aromatic N) is 2. The lowest BCUT2D eigenvalue weighted by atomic mass is 10.0. The first-order valence-corrected chi connectivity index (χ1v) is 10.3. The third-order valence-electron chi connectivity index (χ3n) is 4.71. The Morgan fingerprint density at radius 1 is 1.09 bits per heavy atom.